The topological polar surface area (TPSA) is 59.0 Å². The van der Waals surface area contributed by atoms with Crippen molar-refractivity contribution in [3.05, 3.63) is 42.1 Å². The molecule has 1 aromatic carbocycles. The number of aliphatic imine (C=N–C) groups is 1. The molecule has 6 heteroatoms. The van der Waals surface area contributed by atoms with Crippen molar-refractivity contribution in [3.8, 4) is 0 Å². The molecule has 0 radical (unpaired) electrons. The highest BCUT2D eigenvalue weighted by atomic mass is 16.5. The molecule has 1 atom stereocenters. The highest BCUT2D eigenvalue weighted by Gasteiger charge is 2.25. The van der Waals surface area contributed by atoms with Gasteiger partial charge in [0.15, 0.2) is 5.96 Å². The Balaban J connectivity index is 1.63. The maximum atomic E-state index is 5.70. The van der Waals surface area contributed by atoms with Gasteiger partial charge in [0.25, 0.3) is 0 Å². The number of nitrogens with one attached hydrogen (secondary N) is 1. The lowest BCUT2D eigenvalue weighted by atomic mass is 10.1. The Hall–Kier alpha value is -2.18. The van der Waals surface area contributed by atoms with Gasteiger partial charge in [0, 0.05) is 44.2 Å². The van der Waals surface area contributed by atoms with Crippen molar-refractivity contribution >= 4 is 16.9 Å². The summed E-state index contributed by atoms with van der Waals surface area (Å²) in [6.45, 7) is 7.68. The third-order valence-electron chi connectivity index (χ3n) is 4.82. The lowest BCUT2D eigenvalue weighted by Gasteiger charge is -2.22. The quantitative estimate of drug-likeness (QED) is 0.440. The molecule has 2 heterocycles. The number of likely N-dealkylation sites (tertiary alicyclic amines) is 1. The average Bonchev–Trinajstić information content (AvgIpc) is 3.17. The number of ether oxygens (including phenoxy) is 2. The molecule has 1 unspecified atom stereocenters. The lowest BCUT2D eigenvalue weighted by Crippen LogP contribution is -2.40. The fraction of sp³-hybridized carbons (Fsp3) is 0.524. The zero-order chi connectivity index (χ0) is 18.9. The van der Waals surface area contributed by atoms with Gasteiger partial charge in [-0.1, -0.05) is 24.3 Å². The second-order valence-electron chi connectivity index (χ2n) is 6.83. The Kier molecular flexibility index (Phi) is 7.42. The Labute approximate surface area is 161 Å². The van der Waals surface area contributed by atoms with Crippen molar-refractivity contribution in [1.29, 1.82) is 0 Å². The molecule has 0 saturated carbocycles. The van der Waals surface area contributed by atoms with Gasteiger partial charge in [0.1, 0.15) is 0 Å². The molecular formula is C21H30N4O2. The first-order valence-electron chi connectivity index (χ1n) is 9.74. The van der Waals surface area contributed by atoms with Gasteiger partial charge in [-0.15, -0.1) is 0 Å². The third-order valence-corrected chi connectivity index (χ3v) is 4.82. The summed E-state index contributed by atoms with van der Waals surface area (Å²) in [4.78, 5) is 11.8. The summed E-state index contributed by atoms with van der Waals surface area (Å²) in [6, 6.07) is 10.3. The van der Waals surface area contributed by atoms with Crippen LogP contribution in [0.15, 0.2) is 41.5 Å². The Morgan fingerprint density at radius 2 is 2.19 bits per heavy atom. The van der Waals surface area contributed by atoms with Gasteiger partial charge in [0.2, 0.25) is 0 Å². The summed E-state index contributed by atoms with van der Waals surface area (Å²) in [5.41, 5.74) is 2.19. The van der Waals surface area contributed by atoms with Crippen molar-refractivity contribution < 1.29 is 9.47 Å². The van der Waals surface area contributed by atoms with E-state index in [0.717, 1.165) is 55.1 Å². The summed E-state index contributed by atoms with van der Waals surface area (Å²) in [6.07, 6.45) is 2.97. The normalized spacial score (nSPS) is 17.6. The second kappa shape index (κ2) is 10.2. The first-order valence-corrected chi connectivity index (χ1v) is 9.74. The van der Waals surface area contributed by atoms with Crippen molar-refractivity contribution in [3.63, 3.8) is 0 Å². The third kappa shape index (κ3) is 5.40. The highest BCUT2D eigenvalue weighted by Crippen LogP contribution is 2.19. The number of guanidine groups is 1. The van der Waals surface area contributed by atoms with E-state index in [4.69, 9.17) is 14.5 Å². The van der Waals surface area contributed by atoms with E-state index in [0.29, 0.717) is 25.7 Å². The zero-order valence-electron chi connectivity index (χ0n) is 16.4. The SMILES string of the molecule is CCNC(=NCc1cccc2cccnc12)N1CCC(COCCOC)C1. The fourth-order valence-electron chi connectivity index (χ4n) is 3.43. The first-order chi connectivity index (χ1) is 13.3. The van der Waals surface area contributed by atoms with Crippen LogP contribution >= 0.6 is 0 Å². The number of aromatic nitrogens is 1. The molecule has 1 aromatic heterocycles. The zero-order valence-corrected chi connectivity index (χ0v) is 16.4. The van der Waals surface area contributed by atoms with Crippen LogP contribution in [0.4, 0.5) is 0 Å². The molecule has 146 valence electrons. The lowest BCUT2D eigenvalue weighted by molar-refractivity contribution is 0.0536. The number of hydrogen-bond donors (Lipinski definition) is 1. The molecular weight excluding hydrogens is 340 g/mol. The molecule has 6 nitrogen and oxygen atoms in total. The minimum Gasteiger partial charge on any atom is -0.382 e. The Morgan fingerprint density at radius 1 is 1.30 bits per heavy atom. The van der Waals surface area contributed by atoms with E-state index in [2.05, 4.69) is 46.4 Å². The molecule has 3 rings (SSSR count). The van der Waals surface area contributed by atoms with Crippen LogP contribution in [0.3, 0.4) is 0 Å². The standard InChI is InChI=1S/C21H30N4O2/c1-3-22-21(25-11-9-17(15-25)16-27-13-12-26-2)24-14-19-7-4-6-18-8-5-10-23-20(18)19/h4-8,10,17H,3,9,11-16H2,1-2H3,(H,22,24). The van der Waals surface area contributed by atoms with Crippen molar-refractivity contribution in [1.82, 2.24) is 15.2 Å². The number of nitrogens with zero attached hydrogens (tertiary/aromatic N) is 3. The molecule has 0 bridgehead atoms. The van der Waals surface area contributed by atoms with Crippen molar-refractivity contribution in [2.45, 2.75) is 19.9 Å². The van der Waals surface area contributed by atoms with Gasteiger partial charge in [-0.05, 0) is 25.0 Å². The van der Waals surface area contributed by atoms with Gasteiger partial charge in [-0.3, -0.25) is 4.98 Å². The summed E-state index contributed by atoms with van der Waals surface area (Å²) in [7, 11) is 1.70. The Bertz CT molecular complexity index is 745. The minimum absolute atomic E-state index is 0.546. The maximum Gasteiger partial charge on any atom is 0.194 e. The van der Waals surface area contributed by atoms with Crippen molar-refractivity contribution in [2.75, 3.05) is 46.6 Å². The molecule has 0 aliphatic carbocycles. The molecule has 1 N–H and O–H groups in total. The van der Waals surface area contributed by atoms with Gasteiger partial charge in [0.05, 0.1) is 31.9 Å². The van der Waals surface area contributed by atoms with Gasteiger partial charge < -0.3 is 19.7 Å². The molecule has 1 aliphatic heterocycles. The molecule has 2 aromatic rings. The highest BCUT2D eigenvalue weighted by molar-refractivity contribution is 5.83. The average molecular weight is 370 g/mol. The number of fused-ring (bicyclic) bond motifs is 1. The Morgan fingerprint density at radius 3 is 3.04 bits per heavy atom. The van der Waals surface area contributed by atoms with Gasteiger partial charge >= 0.3 is 0 Å². The van der Waals surface area contributed by atoms with Gasteiger partial charge in [-0.25, -0.2) is 4.99 Å². The minimum atomic E-state index is 0.546. The fourth-order valence-corrected chi connectivity index (χ4v) is 3.43. The maximum absolute atomic E-state index is 5.70. The molecule has 1 fully saturated rings. The summed E-state index contributed by atoms with van der Waals surface area (Å²) >= 11 is 0. The predicted molar refractivity (Wildman–Crippen MR) is 109 cm³/mol. The van der Waals surface area contributed by atoms with E-state index >= 15 is 0 Å². The number of rotatable bonds is 8. The summed E-state index contributed by atoms with van der Waals surface area (Å²) < 4.78 is 10.7. The smallest absolute Gasteiger partial charge is 0.194 e. The summed E-state index contributed by atoms with van der Waals surface area (Å²) in [5.74, 6) is 1.52. The van der Waals surface area contributed by atoms with E-state index in [9.17, 15) is 0 Å². The summed E-state index contributed by atoms with van der Waals surface area (Å²) in [5, 5.41) is 4.59. The molecule has 0 spiro atoms. The number of hydrogen-bond acceptors (Lipinski definition) is 4. The van der Waals surface area contributed by atoms with Crippen LogP contribution in [-0.2, 0) is 16.0 Å². The molecule has 0 amide bonds. The van der Waals surface area contributed by atoms with Crippen LogP contribution in [-0.4, -0.2) is 62.4 Å². The molecule has 27 heavy (non-hydrogen) atoms. The van der Waals surface area contributed by atoms with Gasteiger partial charge in [-0.2, -0.15) is 0 Å². The van der Waals surface area contributed by atoms with Crippen LogP contribution in [0.25, 0.3) is 10.9 Å². The van der Waals surface area contributed by atoms with Crippen LogP contribution in [0.1, 0.15) is 18.9 Å². The van der Waals surface area contributed by atoms with Crippen molar-refractivity contribution in [2.24, 2.45) is 10.9 Å². The van der Waals surface area contributed by atoms with E-state index in [1.54, 1.807) is 7.11 Å². The van der Waals surface area contributed by atoms with E-state index in [1.807, 2.05) is 12.3 Å². The number of methoxy groups -OCH3 is 1. The number of para-hydroxylation sites is 1. The first kappa shape index (κ1) is 19.6. The van der Waals surface area contributed by atoms with E-state index < -0.39 is 0 Å². The van der Waals surface area contributed by atoms with Crippen LogP contribution in [0.2, 0.25) is 0 Å². The van der Waals surface area contributed by atoms with E-state index in [1.165, 1.54) is 0 Å². The number of pyridine rings is 1. The van der Waals surface area contributed by atoms with E-state index in [-0.39, 0.29) is 0 Å². The van der Waals surface area contributed by atoms with Crippen LogP contribution in [0, 0.1) is 5.92 Å². The second-order valence-corrected chi connectivity index (χ2v) is 6.83. The molecule has 1 aliphatic rings. The monoisotopic (exact) mass is 370 g/mol. The predicted octanol–water partition coefficient (Wildman–Crippen LogP) is 2.69. The number of benzene rings is 1. The largest absolute Gasteiger partial charge is 0.382 e. The molecule has 1 saturated heterocycles. The van der Waals surface area contributed by atoms with Crippen LogP contribution < -0.4 is 5.32 Å². The van der Waals surface area contributed by atoms with Crippen LogP contribution in [0.5, 0.6) is 0 Å².